The number of carbonyl (C=O) groups excluding carboxylic acids is 1. The fraction of sp³-hybridized carbons (Fsp3) is 0.455. The Kier molecular flexibility index (Phi) is 8.12. The average molecular weight is 404 g/mol. The third kappa shape index (κ3) is 5.53. The van der Waals surface area contributed by atoms with Crippen molar-refractivity contribution in [1.82, 2.24) is 0 Å². The molecule has 0 aromatic heterocycles. The van der Waals surface area contributed by atoms with Crippen molar-refractivity contribution in [1.29, 1.82) is 0 Å². The lowest BCUT2D eigenvalue weighted by atomic mass is 10.1. The fourth-order valence-corrected chi connectivity index (χ4v) is 3.07. The average Bonchev–Trinajstić information content (AvgIpc) is 2.82. The molecular formula is C22H28O7. The minimum Gasteiger partial charge on any atom is -0.504 e. The van der Waals surface area contributed by atoms with Gasteiger partial charge in [-0.15, -0.1) is 0 Å². The predicted molar refractivity (Wildman–Crippen MR) is 110 cm³/mol. The van der Waals surface area contributed by atoms with E-state index in [1.54, 1.807) is 6.92 Å². The Bertz CT molecular complexity index is 921. The third-order valence-corrected chi connectivity index (χ3v) is 4.60. The van der Waals surface area contributed by atoms with E-state index >= 15 is 0 Å². The van der Waals surface area contributed by atoms with Crippen molar-refractivity contribution in [3.05, 3.63) is 34.0 Å². The smallest absolute Gasteiger partial charge is 0.338 e. The molecule has 2 aromatic carbocycles. The number of hydrogen-bond donors (Lipinski definition) is 3. The van der Waals surface area contributed by atoms with E-state index in [9.17, 15) is 24.9 Å². The van der Waals surface area contributed by atoms with Crippen LogP contribution in [0.15, 0.2) is 23.0 Å². The van der Waals surface area contributed by atoms with Crippen molar-refractivity contribution in [2.75, 3.05) is 13.2 Å². The molecule has 0 aliphatic carbocycles. The van der Waals surface area contributed by atoms with E-state index < -0.39 is 28.6 Å². The van der Waals surface area contributed by atoms with Gasteiger partial charge in [0.2, 0.25) is 11.2 Å². The van der Waals surface area contributed by atoms with Gasteiger partial charge in [0.15, 0.2) is 17.2 Å². The van der Waals surface area contributed by atoms with Crippen LogP contribution in [0.2, 0.25) is 0 Å². The Balaban J connectivity index is 2.28. The van der Waals surface area contributed by atoms with E-state index in [0.29, 0.717) is 0 Å². The summed E-state index contributed by atoms with van der Waals surface area (Å²) in [5.74, 6) is -2.78. The molecule has 2 rings (SSSR count). The molecule has 29 heavy (non-hydrogen) atoms. The van der Waals surface area contributed by atoms with E-state index in [-0.39, 0.29) is 35.3 Å². The molecule has 0 heterocycles. The lowest BCUT2D eigenvalue weighted by Gasteiger charge is -2.09. The Morgan fingerprint density at radius 3 is 2.28 bits per heavy atom. The van der Waals surface area contributed by atoms with Crippen molar-refractivity contribution in [3.8, 4) is 23.0 Å². The zero-order valence-electron chi connectivity index (χ0n) is 16.9. The molecule has 7 heteroatoms. The molecule has 0 aliphatic rings. The summed E-state index contributed by atoms with van der Waals surface area (Å²) in [5.41, 5.74) is -0.927. The number of phenolic OH excluding ortho intramolecular Hbond substituents is 2. The van der Waals surface area contributed by atoms with E-state index in [0.717, 1.165) is 38.2 Å². The molecule has 0 saturated carbocycles. The van der Waals surface area contributed by atoms with Crippen LogP contribution in [0.3, 0.4) is 0 Å². The minimum atomic E-state index is -0.870. The van der Waals surface area contributed by atoms with Crippen molar-refractivity contribution >= 4 is 16.7 Å². The Labute approximate surface area is 169 Å². The van der Waals surface area contributed by atoms with E-state index in [1.165, 1.54) is 18.6 Å². The molecule has 0 saturated heterocycles. The van der Waals surface area contributed by atoms with Crippen molar-refractivity contribution < 1.29 is 29.6 Å². The van der Waals surface area contributed by atoms with Gasteiger partial charge >= 0.3 is 5.97 Å². The first kappa shape index (κ1) is 22.3. The number of aromatic hydroxyl groups is 3. The minimum absolute atomic E-state index is 0.0260. The summed E-state index contributed by atoms with van der Waals surface area (Å²) in [5, 5.41) is 30.4. The molecule has 158 valence electrons. The molecule has 0 amide bonds. The number of carbonyl (C=O) groups is 1. The van der Waals surface area contributed by atoms with E-state index in [1.807, 2.05) is 0 Å². The van der Waals surface area contributed by atoms with Crippen LogP contribution in [-0.4, -0.2) is 34.5 Å². The number of ether oxygens (including phenoxy) is 2. The molecule has 0 radical (unpaired) electrons. The molecule has 7 nitrogen and oxygen atoms in total. The van der Waals surface area contributed by atoms with Crippen LogP contribution in [0.1, 0.15) is 62.7 Å². The monoisotopic (exact) mass is 404 g/mol. The lowest BCUT2D eigenvalue weighted by molar-refractivity contribution is 0.0498. The molecule has 0 fully saturated rings. The molecule has 3 N–H and O–H groups in total. The van der Waals surface area contributed by atoms with Crippen molar-refractivity contribution in [2.24, 2.45) is 0 Å². The van der Waals surface area contributed by atoms with E-state index in [2.05, 4.69) is 6.92 Å². The summed E-state index contributed by atoms with van der Waals surface area (Å²) in [4.78, 5) is 24.6. The maximum Gasteiger partial charge on any atom is 0.338 e. The molecule has 0 bridgehead atoms. The zero-order chi connectivity index (χ0) is 21.4. The van der Waals surface area contributed by atoms with Crippen LogP contribution in [-0.2, 0) is 4.74 Å². The molecule has 0 unspecified atom stereocenters. The standard InChI is InChI=1S/C22H28O7/c1-3-5-6-7-8-9-10-29-22(27)15-11-14-13-17(28-4-2)20(25)21(26)18(14)19(24)16(23)12-15/h11-13,25-26H,3-10H2,1-2H3,(H,23,24). The van der Waals surface area contributed by atoms with Crippen LogP contribution < -0.4 is 10.2 Å². The van der Waals surface area contributed by atoms with Gasteiger partial charge in [0.05, 0.1) is 24.2 Å². The van der Waals surface area contributed by atoms with Crippen LogP contribution in [0, 0.1) is 0 Å². The van der Waals surface area contributed by atoms with Crippen LogP contribution >= 0.6 is 0 Å². The first-order valence-electron chi connectivity index (χ1n) is 9.96. The summed E-state index contributed by atoms with van der Waals surface area (Å²) in [6.45, 7) is 4.30. The number of unbranched alkanes of at least 4 members (excludes halogenated alkanes) is 5. The van der Waals surface area contributed by atoms with Crippen molar-refractivity contribution in [2.45, 2.75) is 52.4 Å². The van der Waals surface area contributed by atoms with Gasteiger partial charge in [-0.25, -0.2) is 4.79 Å². The van der Waals surface area contributed by atoms with Gasteiger partial charge in [-0.3, -0.25) is 4.79 Å². The normalized spacial score (nSPS) is 10.8. The SMILES string of the molecule is CCCCCCCCOC(=O)c1cc(=O)c(O)c2c(O)c(O)c(OCC)cc2c1. The quantitative estimate of drug-likeness (QED) is 0.308. The molecular weight excluding hydrogens is 376 g/mol. The van der Waals surface area contributed by atoms with Gasteiger partial charge in [0.25, 0.3) is 0 Å². The van der Waals surface area contributed by atoms with Gasteiger partial charge in [-0.05, 0) is 30.9 Å². The molecule has 2 aromatic rings. The third-order valence-electron chi connectivity index (χ3n) is 4.60. The maximum atomic E-state index is 12.4. The van der Waals surface area contributed by atoms with Gasteiger partial charge in [-0.2, -0.15) is 0 Å². The Hall–Kier alpha value is -2.96. The number of fused-ring (bicyclic) bond motifs is 1. The van der Waals surface area contributed by atoms with Crippen molar-refractivity contribution in [3.63, 3.8) is 0 Å². The van der Waals surface area contributed by atoms with Crippen LogP contribution in [0.25, 0.3) is 10.8 Å². The van der Waals surface area contributed by atoms with Gasteiger partial charge in [0, 0.05) is 6.07 Å². The first-order valence-corrected chi connectivity index (χ1v) is 9.96. The van der Waals surface area contributed by atoms with E-state index in [4.69, 9.17) is 9.47 Å². The molecule has 0 aliphatic heterocycles. The predicted octanol–water partition coefficient (Wildman–Crippen LogP) is 4.23. The highest BCUT2D eigenvalue weighted by Gasteiger charge is 2.19. The number of esters is 1. The number of hydrogen-bond acceptors (Lipinski definition) is 7. The number of benzene rings is 1. The zero-order valence-corrected chi connectivity index (χ0v) is 16.9. The van der Waals surface area contributed by atoms with Gasteiger partial charge in [0.1, 0.15) is 0 Å². The summed E-state index contributed by atoms with van der Waals surface area (Å²) in [6, 6.07) is 3.62. The summed E-state index contributed by atoms with van der Waals surface area (Å²) < 4.78 is 10.5. The summed E-state index contributed by atoms with van der Waals surface area (Å²) in [7, 11) is 0. The Morgan fingerprint density at radius 2 is 1.59 bits per heavy atom. The van der Waals surface area contributed by atoms with Gasteiger partial charge < -0.3 is 24.8 Å². The maximum absolute atomic E-state index is 12.4. The molecule has 0 atom stereocenters. The van der Waals surface area contributed by atoms with Crippen LogP contribution in [0.4, 0.5) is 0 Å². The summed E-state index contributed by atoms with van der Waals surface area (Å²) in [6.07, 6.45) is 6.27. The highest BCUT2D eigenvalue weighted by molar-refractivity contribution is 6.00. The first-order chi connectivity index (χ1) is 13.9. The second-order valence-electron chi connectivity index (χ2n) is 6.83. The lowest BCUT2D eigenvalue weighted by Crippen LogP contribution is -2.08. The fourth-order valence-electron chi connectivity index (χ4n) is 3.07. The van der Waals surface area contributed by atoms with Gasteiger partial charge in [-0.1, -0.05) is 39.0 Å². The highest BCUT2D eigenvalue weighted by Crippen LogP contribution is 2.44. The highest BCUT2D eigenvalue weighted by atomic mass is 16.5. The second-order valence-corrected chi connectivity index (χ2v) is 6.83. The summed E-state index contributed by atoms with van der Waals surface area (Å²) >= 11 is 0. The number of rotatable bonds is 10. The Morgan fingerprint density at radius 1 is 0.897 bits per heavy atom. The number of phenols is 2. The van der Waals surface area contributed by atoms with Crippen LogP contribution in [0.5, 0.6) is 23.0 Å². The largest absolute Gasteiger partial charge is 0.504 e. The topological polar surface area (TPSA) is 113 Å². The molecule has 0 spiro atoms. The second kappa shape index (κ2) is 10.5.